The summed E-state index contributed by atoms with van der Waals surface area (Å²) in [6.07, 6.45) is 0. The van der Waals surface area contributed by atoms with Crippen LogP contribution < -0.4 is 11.1 Å². The van der Waals surface area contributed by atoms with Crippen molar-refractivity contribution in [2.24, 2.45) is 0 Å². The van der Waals surface area contributed by atoms with Crippen LogP contribution in [0.3, 0.4) is 0 Å². The summed E-state index contributed by atoms with van der Waals surface area (Å²) < 4.78 is 0. The third kappa shape index (κ3) is 3.54. The molecule has 0 spiro atoms. The number of hydrogen-bond acceptors (Lipinski definition) is 3. The van der Waals surface area contributed by atoms with Gasteiger partial charge in [0.2, 0.25) is 0 Å². The fraction of sp³-hybridized carbons (Fsp3) is 0.0667. The lowest BCUT2D eigenvalue weighted by Crippen LogP contribution is -2.22. The van der Waals surface area contributed by atoms with Gasteiger partial charge < -0.3 is 11.1 Å². The van der Waals surface area contributed by atoms with E-state index in [0.29, 0.717) is 11.3 Å². The number of amides is 1. The maximum absolute atomic E-state index is 12.0. The number of benzene rings is 2. The van der Waals surface area contributed by atoms with Gasteiger partial charge in [-0.2, -0.15) is 0 Å². The molecule has 0 saturated heterocycles. The Hall–Kier alpha value is -2.04. The Morgan fingerprint density at radius 3 is 2.10 bits per heavy atom. The zero-order valence-corrected chi connectivity index (χ0v) is 12.6. The number of nitrogen functional groups attached to an aromatic ring is 1. The molecule has 0 aliphatic carbocycles. The molecule has 0 aliphatic rings. The molecule has 0 aromatic heterocycles. The largest absolute Gasteiger partial charge is 0.396 e. The molecular formula is C15H12Cl2N2O2. The zero-order chi connectivity index (χ0) is 15.6. The molecule has 0 bridgehead atoms. The molecule has 0 unspecified atom stereocenters. The molecule has 4 nitrogen and oxygen atoms in total. The number of Topliss-reactive ketones (excluding diaryl/α,β-unsaturated/α-hetero) is 1. The first-order valence-corrected chi connectivity index (χ1v) is 6.81. The van der Waals surface area contributed by atoms with Crippen molar-refractivity contribution in [1.29, 1.82) is 0 Å². The smallest absolute Gasteiger partial charge is 0.296 e. The van der Waals surface area contributed by atoms with Crippen LogP contribution in [0, 0.1) is 6.92 Å². The van der Waals surface area contributed by atoms with Gasteiger partial charge in [0.1, 0.15) is 0 Å². The maximum Gasteiger partial charge on any atom is 0.296 e. The second-order valence-electron chi connectivity index (χ2n) is 4.50. The van der Waals surface area contributed by atoms with Crippen LogP contribution in [-0.4, -0.2) is 11.7 Å². The van der Waals surface area contributed by atoms with Crippen LogP contribution in [0.25, 0.3) is 0 Å². The van der Waals surface area contributed by atoms with Crippen LogP contribution >= 0.6 is 23.2 Å². The van der Waals surface area contributed by atoms with Crippen LogP contribution in [0.5, 0.6) is 0 Å². The molecule has 0 aliphatic heterocycles. The molecule has 0 saturated carbocycles. The number of nitrogens with one attached hydrogen (secondary N) is 1. The minimum absolute atomic E-state index is 0.209. The molecule has 0 fully saturated rings. The molecule has 0 heterocycles. The van der Waals surface area contributed by atoms with Gasteiger partial charge in [-0.05, 0) is 19.1 Å². The van der Waals surface area contributed by atoms with Gasteiger partial charge in [0, 0.05) is 11.3 Å². The summed E-state index contributed by atoms with van der Waals surface area (Å²) in [5, 5.41) is 2.87. The predicted octanol–water partition coefficient (Wildman–Crippen LogP) is 3.71. The molecule has 2 rings (SSSR count). The van der Waals surface area contributed by atoms with Gasteiger partial charge in [-0.3, -0.25) is 9.59 Å². The van der Waals surface area contributed by atoms with E-state index in [1.165, 1.54) is 12.1 Å². The van der Waals surface area contributed by atoms with Crippen LogP contribution in [0.15, 0.2) is 36.4 Å². The first kappa shape index (κ1) is 15.4. The second-order valence-corrected chi connectivity index (χ2v) is 5.32. The number of hydrogen-bond donors (Lipinski definition) is 2. The SMILES string of the molecule is Cc1ccc(C(=O)C(=O)Nc2cc(Cl)c(N)c(Cl)c2)cc1. The monoisotopic (exact) mass is 322 g/mol. The topological polar surface area (TPSA) is 72.2 Å². The predicted molar refractivity (Wildman–Crippen MR) is 85.0 cm³/mol. The summed E-state index contributed by atoms with van der Waals surface area (Å²) in [7, 11) is 0. The van der Waals surface area contributed by atoms with Crippen LogP contribution in [0.2, 0.25) is 10.0 Å². The van der Waals surface area contributed by atoms with E-state index in [2.05, 4.69) is 5.32 Å². The van der Waals surface area contributed by atoms with Gasteiger partial charge >= 0.3 is 0 Å². The van der Waals surface area contributed by atoms with Crippen molar-refractivity contribution in [3.8, 4) is 0 Å². The lowest BCUT2D eigenvalue weighted by atomic mass is 10.1. The Morgan fingerprint density at radius 2 is 1.57 bits per heavy atom. The fourth-order valence-electron chi connectivity index (χ4n) is 1.68. The van der Waals surface area contributed by atoms with Gasteiger partial charge in [-0.25, -0.2) is 0 Å². The molecular weight excluding hydrogens is 311 g/mol. The Morgan fingerprint density at radius 1 is 1.05 bits per heavy atom. The highest BCUT2D eigenvalue weighted by Gasteiger charge is 2.17. The Bertz CT molecular complexity index is 689. The minimum Gasteiger partial charge on any atom is -0.396 e. The third-order valence-electron chi connectivity index (χ3n) is 2.86. The van der Waals surface area contributed by atoms with E-state index in [4.69, 9.17) is 28.9 Å². The quantitative estimate of drug-likeness (QED) is 0.514. The van der Waals surface area contributed by atoms with Crippen molar-refractivity contribution in [1.82, 2.24) is 0 Å². The van der Waals surface area contributed by atoms with Gasteiger partial charge in [0.25, 0.3) is 11.7 Å². The minimum atomic E-state index is -0.768. The molecule has 2 aromatic rings. The fourth-order valence-corrected chi connectivity index (χ4v) is 2.17. The van der Waals surface area contributed by atoms with E-state index in [1.807, 2.05) is 6.92 Å². The Labute approximate surface area is 131 Å². The lowest BCUT2D eigenvalue weighted by Gasteiger charge is -2.08. The summed E-state index contributed by atoms with van der Waals surface area (Å²) in [6.45, 7) is 1.90. The summed E-state index contributed by atoms with van der Waals surface area (Å²) in [6, 6.07) is 9.58. The first-order chi connectivity index (χ1) is 9.88. The molecule has 2 aromatic carbocycles. The highest BCUT2D eigenvalue weighted by molar-refractivity contribution is 6.47. The summed E-state index contributed by atoms with van der Waals surface area (Å²) in [5.41, 5.74) is 7.45. The number of carbonyl (C=O) groups is 2. The highest BCUT2D eigenvalue weighted by atomic mass is 35.5. The summed E-state index contributed by atoms with van der Waals surface area (Å²) >= 11 is 11.7. The van der Waals surface area contributed by atoms with Crippen LogP contribution in [-0.2, 0) is 4.79 Å². The van der Waals surface area contributed by atoms with Gasteiger partial charge in [-0.1, -0.05) is 53.0 Å². The van der Waals surface area contributed by atoms with Crippen molar-refractivity contribution in [3.05, 3.63) is 57.6 Å². The van der Waals surface area contributed by atoms with Crippen LogP contribution in [0.1, 0.15) is 15.9 Å². The van der Waals surface area contributed by atoms with Gasteiger partial charge in [0.15, 0.2) is 0 Å². The van der Waals surface area contributed by atoms with E-state index in [1.54, 1.807) is 24.3 Å². The summed E-state index contributed by atoms with van der Waals surface area (Å²) in [5.74, 6) is -1.41. The highest BCUT2D eigenvalue weighted by Crippen LogP contribution is 2.31. The van der Waals surface area contributed by atoms with Crippen molar-refractivity contribution in [2.45, 2.75) is 6.92 Å². The number of ketones is 1. The number of aryl methyl sites for hydroxylation is 1. The summed E-state index contributed by atoms with van der Waals surface area (Å²) in [4.78, 5) is 23.9. The third-order valence-corrected chi connectivity index (χ3v) is 3.48. The number of anilines is 2. The van der Waals surface area contributed by atoms with Gasteiger partial charge in [0.05, 0.1) is 15.7 Å². The number of rotatable bonds is 3. The molecule has 1 amide bonds. The number of halogens is 2. The molecule has 21 heavy (non-hydrogen) atoms. The van der Waals surface area contributed by atoms with E-state index in [0.717, 1.165) is 5.56 Å². The van der Waals surface area contributed by atoms with Crippen molar-refractivity contribution in [3.63, 3.8) is 0 Å². The first-order valence-electron chi connectivity index (χ1n) is 6.05. The van der Waals surface area contributed by atoms with E-state index in [-0.39, 0.29) is 15.7 Å². The zero-order valence-electron chi connectivity index (χ0n) is 11.1. The normalized spacial score (nSPS) is 10.2. The molecule has 0 atom stereocenters. The molecule has 6 heteroatoms. The lowest BCUT2D eigenvalue weighted by molar-refractivity contribution is -0.112. The van der Waals surface area contributed by atoms with E-state index < -0.39 is 11.7 Å². The van der Waals surface area contributed by atoms with E-state index in [9.17, 15) is 9.59 Å². The number of carbonyl (C=O) groups excluding carboxylic acids is 2. The maximum atomic E-state index is 12.0. The Kier molecular flexibility index (Phi) is 4.50. The van der Waals surface area contributed by atoms with Crippen molar-refractivity contribution in [2.75, 3.05) is 11.1 Å². The Balaban J connectivity index is 2.18. The molecule has 0 radical (unpaired) electrons. The van der Waals surface area contributed by atoms with Crippen molar-refractivity contribution >= 4 is 46.3 Å². The average molecular weight is 323 g/mol. The number of nitrogens with two attached hydrogens (primary N) is 1. The van der Waals surface area contributed by atoms with Crippen LogP contribution in [0.4, 0.5) is 11.4 Å². The molecule has 108 valence electrons. The van der Waals surface area contributed by atoms with Gasteiger partial charge in [-0.15, -0.1) is 0 Å². The standard InChI is InChI=1S/C15H12Cl2N2O2/c1-8-2-4-9(5-3-8)14(20)15(21)19-10-6-11(16)13(18)12(17)7-10/h2-7H,18H2,1H3,(H,19,21). The van der Waals surface area contributed by atoms with Crippen molar-refractivity contribution < 1.29 is 9.59 Å². The second kappa shape index (κ2) is 6.16. The molecule has 3 N–H and O–H groups in total. The average Bonchev–Trinajstić information content (AvgIpc) is 2.44. The van der Waals surface area contributed by atoms with E-state index >= 15 is 0 Å².